The van der Waals surface area contributed by atoms with E-state index >= 15 is 0 Å². The van der Waals surface area contributed by atoms with Crippen LogP contribution in [-0.4, -0.2) is 17.8 Å². The molecule has 0 aliphatic heterocycles. The third kappa shape index (κ3) is 4.33. The van der Waals surface area contributed by atoms with Gasteiger partial charge in [0.05, 0.1) is 6.61 Å². The zero-order valence-electron chi connectivity index (χ0n) is 9.57. The molecule has 0 aliphatic rings. The Morgan fingerprint density at radius 3 is 2.87 bits per heavy atom. The van der Waals surface area contributed by atoms with Crippen LogP contribution in [0.3, 0.4) is 0 Å². The molecule has 0 saturated carbocycles. The second-order valence-corrected chi connectivity index (χ2v) is 5.05. The fourth-order valence-corrected chi connectivity index (χ4v) is 2.40. The van der Waals surface area contributed by atoms with Crippen molar-refractivity contribution in [3.8, 4) is 0 Å². The molecule has 2 N–H and O–H groups in total. The quantitative estimate of drug-likeness (QED) is 0.750. The predicted octanol–water partition coefficient (Wildman–Crippen LogP) is 2.63. The van der Waals surface area contributed by atoms with Crippen molar-refractivity contribution in [3.63, 3.8) is 0 Å². The van der Waals surface area contributed by atoms with Crippen molar-refractivity contribution in [1.82, 2.24) is 5.32 Å². The molecule has 0 aromatic carbocycles. The highest BCUT2D eigenvalue weighted by molar-refractivity contribution is 7.09. The summed E-state index contributed by atoms with van der Waals surface area (Å²) in [7, 11) is 0. The van der Waals surface area contributed by atoms with Crippen LogP contribution >= 0.6 is 11.3 Å². The molecular weight excluding hydrogens is 206 g/mol. The fourth-order valence-electron chi connectivity index (χ4n) is 1.75. The molecule has 2 nitrogen and oxygen atoms in total. The molecule has 0 amide bonds. The van der Waals surface area contributed by atoms with E-state index in [4.69, 9.17) is 0 Å². The summed E-state index contributed by atoms with van der Waals surface area (Å²) < 4.78 is 0. The molecule has 2 unspecified atom stereocenters. The Bertz CT molecular complexity index is 248. The van der Waals surface area contributed by atoms with E-state index in [0.717, 1.165) is 6.54 Å². The van der Waals surface area contributed by atoms with E-state index in [2.05, 4.69) is 36.7 Å². The van der Waals surface area contributed by atoms with E-state index in [1.54, 1.807) is 11.3 Å². The highest BCUT2D eigenvalue weighted by Crippen LogP contribution is 2.13. The van der Waals surface area contributed by atoms with Crippen molar-refractivity contribution in [2.75, 3.05) is 6.61 Å². The Labute approximate surface area is 96.3 Å². The number of aliphatic hydroxyl groups is 1. The molecule has 0 saturated heterocycles. The normalized spacial score (nSPS) is 15.1. The van der Waals surface area contributed by atoms with E-state index in [1.165, 1.54) is 17.7 Å². The molecule has 0 fully saturated rings. The minimum atomic E-state index is 0.229. The molecule has 1 heterocycles. The van der Waals surface area contributed by atoms with Crippen molar-refractivity contribution >= 4 is 11.3 Å². The van der Waals surface area contributed by atoms with Gasteiger partial charge in [0, 0.05) is 17.5 Å². The Morgan fingerprint density at radius 1 is 1.53 bits per heavy atom. The molecule has 0 radical (unpaired) electrons. The molecule has 0 aliphatic carbocycles. The summed E-state index contributed by atoms with van der Waals surface area (Å²) in [5, 5.41) is 14.8. The third-order valence-electron chi connectivity index (χ3n) is 2.75. The first-order chi connectivity index (χ1) is 7.27. The summed E-state index contributed by atoms with van der Waals surface area (Å²) in [4.78, 5) is 1.33. The second kappa shape index (κ2) is 6.99. The Morgan fingerprint density at radius 2 is 2.33 bits per heavy atom. The number of hydrogen-bond acceptors (Lipinski definition) is 3. The maximum Gasteiger partial charge on any atom is 0.0587 e. The first kappa shape index (κ1) is 12.7. The zero-order chi connectivity index (χ0) is 11.1. The SMILES string of the molecule is CCCC(C)C(CO)NCc1cccs1. The highest BCUT2D eigenvalue weighted by atomic mass is 32.1. The maximum absolute atomic E-state index is 9.29. The molecule has 3 heteroatoms. The summed E-state index contributed by atoms with van der Waals surface area (Å²) >= 11 is 1.76. The summed E-state index contributed by atoms with van der Waals surface area (Å²) in [6.45, 7) is 5.49. The van der Waals surface area contributed by atoms with E-state index in [1.807, 2.05) is 0 Å². The van der Waals surface area contributed by atoms with Gasteiger partial charge in [0.2, 0.25) is 0 Å². The second-order valence-electron chi connectivity index (χ2n) is 4.02. The van der Waals surface area contributed by atoms with Crippen LogP contribution in [0.5, 0.6) is 0 Å². The summed E-state index contributed by atoms with van der Waals surface area (Å²) in [5.41, 5.74) is 0. The first-order valence-corrected chi connectivity index (χ1v) is 6.52. The van der Waals surface area contributed by atoms with Crippen LogP contribution in [0.2, 0.25) is 0 Å². The number of nitrogens with one attached hydrogen (secondary N) is 1. The van der Waals surface area contributed by atoms with Crippen LogP contribution in [0.25, 0.3) is 0 Å². The number of rotatable bonds is 7. The molecular formula is C12H21NOS. The molecule has 86 valence electrons. The first-order valence-electron chi connectivity index (χ1n) is 5.64. The van der Waals surface area contributed by atoms with Crippen LogP contribution < -0.4 is 5.32 Å². The van der Waals surface area contributed by atoms with Gasteiger partial charge in [0.25, 0.3) is 0 Å². The lowest BCUT2D eigenvalue weighted by molar-refractivity contribution is 0.198. The van der Waals surface area contributed by atoms with E-state index in [-0.39, 0.29) is 12.6 Å². The van der Waals surface area contributed by atoms with Gasteiger partial charge in [-0.3, -0.25) is 0 Å². The largest absolute Gasteiger partial charge is 0.395 e. The van der Waals surface area contributed by atoms with Crippen molar-refractivity contribution in [1.29, 1.82) is 0 Å². The summed E-state index contributed by atoms with van der Waals surface area (Å²) in [5.74, 6) is 0.542. The Balaban J connectivity index is 2.33. The van der Waals surface area contributed by atoms with Crippen LogP contribution in [-0.2, 0) is 6.54 Å². The third-order valence-corrected chi connectivity index (χ3v) is 3.62. The standard InChI is InChI=1S/C12H21NOS/c1-3-5-10(2)12(9-14)13-8-11-6-4-7-15-11/h4,6-7,10,12-14H,3,5,8-9H2,1-2H3. The molecule has 15 heavy (non-hydrogen) atoms. The topological polar surface area (TPSA) is 32.3 Å². The monoisotopic (exact) mass is 227 g/mol. The Kier molecular flexibility index (Phi) is 5.91. The van der Waals surface area contributed by atoms with Gasteiger partial charge in [-0.2, -0.15) is 0 Å². The summed E-state index contributed by atoms with van der Waals surface area (Å²) in [6.07, 6.45) is 2.35. The lowest BCUT2D eigenvalue weighted by Gasteiger charge is -2.22. The average Bonchev–Trinajstić information content (AvgIpc) is 2.72. The highest BCUT2D eigenvalue weighted by Gasteiger charge is 2.14. The van der Waals surface area contributed by atoms with Crippen LogP contribution in [0, 0.1) is 5.92 Å². The minimum absolute atomic E-state index is 0.229. The van der Waals surface area contributed by atoms with Gasteiger partial charge in [-0.05, 0) is 23.8 Å². The molecule has 2 atom stereocenters. The van der Waals surface area contributed by atoms with Gasteiger partial charge in [-0.25, -0.2) is 0 Å². The number of aliphatic hydroxyl groups excluding tert-OH is 1. The lowest BCUT2D eigenvalue weighted by Crippen LogP contribution is -2.37. The van der Waals surface area contributed by atoms with Gasteiger partial charge >= 0.3 is 0 Å². The Hall–Kier alpha value is -0.380. The minimum Gasteiger partial charge on any atom is -0.395 e. The van der Waals surface area contributed by atoms with Crippen molar-refractivity contribution in [3.05, 3.63) is 22.4 Å². The lowest BCUT2D eigenvalue weighted by atomic mass is 9.97. The molecule has 1 rings (SSSR count). The van der Waals surface area contributed by atoms with Gasteiger partial charge in [-0.15, -0.1) is 11.3 Å². The number of hydrogen-bond donors (Lipinski definition) is 2. The van der Waals surface area contributed by atoms with Crippen molar-refractivity contribution in [2.45, 2.75) is 39.3 Å². The molecule has 0 bridgehead atoms. The van der Waals surface area contributed by atoms with Crippen molar-refractivity contribution < 1.29 is 5.11 Å². The maximum atomic E-state index is 9.29. The van der Waals surface area contributed by atoms with Crippen LogP contribution in [0.1, 0.15) is 31.6 Å². The smallest absolute Gasteiger partial charge is 0.0587 e. The van der Waals surface area contributed by atoms with Crippen LogP contribution in [0.15, 0.2) is 17.5 Å². The molecule has 0 spiro atoms. The van der Waals surface area contributed by atoms with Gasteiger partial charge in [0.15, 0.2) is 0 Å². The molecule has 1 aromatic heterocycles. The number of thiophene rings is 1. The fraction of sp³-hybridized carbons (Fsp3) is 0.667. The van der Waals surface area contributed by atoms with Crippen molar-refractivity contribution in [2.24, 2.45) is 5.92 Å². The average molecular weight is 227 g/mol. The van der Waals surface area contributed by atoms with Gasteiger partial charge < -0.3 is 10.4 Å². The summed E-state index contributed by atoms with van der Waals surface area (Å²) in [6, 6.07) is 4.41. The van der Waals surface area contributed by atoms with E-state index in [9.17, 15) is 5.11 Å². The predicted molar refractivity (Wildman–Crippen MR) is 66.1 cm³/mol. The van der Waals surface area contributed by atoms with E-state index < -0.39 is 0 Å². The molecule has 1 aromatic rings. The van der Waals surface area contributed by atoms with E-state index in [0.29, 0.717) is 5.92 Å². The zero-order valence-corrected chi connectivity index (χ0v) is 10.4. The van der Waals surface area contributed by atoms with Gasteiger partial charge in [0.1, 0.15) is 0 Å². The van der Waals surface area contributed by atoms with Crippen LogP contribution in [0.4, 0.5) is 0 Å². The van der Waals surface area contributed by atoms with Gasteiger partial charge in [-0.1, -0.05) is 26.3 Å².